The van der Waals surface area contributed by atoms with Crippen LogP contribution in [0.4, 0.5) is 0 Å². The number of carbonyl (C=O) groups excluding carboxylic acids is 2. The summed E-state index contributed by atoms with van der Waals surface area (Å²) in [5, 5.41) is 2.68. The Morgan fingerprint density at radius 2 is 1.92 bits per heavy atom. The molecule has 1 heterocycles. The fourth-order valence-electron chi connectivity index (χ4n) is 3.32. The van der Waals surface area contributed by atoms with Crippen LogP contribution in [0.1, 0.15) is 45.2 Å². The Morgan fingerprint density at radius 1 is 1.23 bits per heavy atom. The van der Waals surface area contributed by atoms with E-state index in [0.717, 1.165) is 24.0 Å². The van der Waals surface area contributed by atoms with Crippen LogP contribution in [0, 0.1) is 5.92 Å². The lowest BCUT2D eigenvalue weighted by Crippen LogP contribution is -2.48. The summed E-state index contributed by atoms with van der Waals surface area (Å²) in [5.74, 6) is -0.707. The van der Waals surface area contributed by atoms with Gasteiger partial charge in [-0.1, -0.05) is 37.3 Å². The predicted molar refractivity (Wildman–Crippen MR) is 104 cm³/mol. The number of nitrogens with zero attached hydrogens (tertiary/aromatic N) is 2. The van der Waals surface area contributed by atoms with E-state index in [2.05, 4.69) is 24.0 Å². The lowest BCUT2D eigenvalue weighted by Gasteiger charge is -2.38. The highest BCUT2D eigenvalue weighted by Gasteiger charge is 2.34. The molecule has 2 atom stereocenters. The molecule has 26 heavy (non-hydrogen) atoms. The van der Waals surface area contributed by atoms with Crippen LogP contribution in [0.25, 0.3) is 0 Å². The SMILES string of the molecule is C=N/C=C(C)\C=C(/C)NC(=O)C(=O)N1C[C@@H](C)CC[C@H]1c1ccccc1. The average Bonchev–Trinajstić information content (AvgIpc) is 2.61. The second-order valence-electron chi connectivity index (χ2n) is 6.90. The van der Waals surface area contributed by atoms with Crippen LogP contribution >= 0.6 is 0 Å². The van der Waals surface area contributed by atoms with Crippen LogP contribution in [0.15, 0.2) is 58.9 Å². The average molecular weight is 353 g/mol. The smallest absolute Gasteiger partial charge is 0.313 e. The molecule has 1 aromatic rings. The third-order valence-corrected chi connectivity index (χ3v) is 4.51. The maximum Gasteiger partial charge on any atom is 0.313 e. The van der Waals surface area contributed by atoms with E-state index in [1.54, 1.807) is 24.1 Å². The van der Waals surface area contributed by atoms with Crippen molar-refractivity contribution in [2.45, 2.75) is 39.7 Å². The van der Waals surface area contributed by atoms with Gasteiger partial charge < -0.3 is 10.2 Å². The van der Waals surface area contributed by atoms with E-state index in [1.165, 1.54) is 0 Å². The van der Waals surface area contributed by atoms with Crippen LogP contribution in [-0.2, 0) is 9.59 Å². The normalized spacial score (nSPS) is 21.3. The van der Waals surface area contributed by atoms with Crippen molar-refractivity contribution < 1.29 is 9.59 Å². The van der Waals surface area contributed by atoms with Crippen LogP contribution in [-0.4, -0.2) is 30.0 Å². The number of likely N-dealkylation sites (tertiary alicyclic amines) is 1. The van der Waals surface area contributed by atoms with Crippen molar-refractivity contribution in [3.8, 4) is 0 Å². The summed E-state index contributed by atoms with van der Waals surface area (Å²) in [6.07, 6.45) is 5.26. The molecule has 2 rings (SSSR count). The number of hydrogen-bond acceptors (Lipinski definition) is 3. The zero-order valence-electron chi connectivity index (χ0n) is 15.7. The number of piperidine rings is 1. The number of amides is 2. The standard InChI is InChI=1S/C21H27N3O2/c1-15-10-11-19(18-8-6-5-7-9-18)24(14-15)21(26)20(25)23-17(3)12-16(2)13-22-4/h5-9,12-13,15,19H,4,10-11,14H2,1-3H3,(H,23,25)/b16-13-,17-12+/t15-,19-/m0/s1. The molecule has 0 bridgehead atoms. The van der Waals surface area contributed by atoms with Gasteiger partial charge in [-0.2, -0.15) is 0 Å². The number of allylic oxidation sites excluding steroid dienone is 3. The van der Waals surface area contributed by atoms with Crippen molar-refractivity contribution in [1.82, 2.24) is 10.2 Å². The lowest BCUT2D eigenvalue weighted by molar-refractivity contribution is -0.148. The van der Waals surface area contributed by atoms with E-state index in [1.807, 2.05) is 37.3 Å². The van der Waals surface area contributed by atoms with E-state index in [4.69, 9.17) is 0 Å². The maximum absolute atomic E-state index is 12.8. The minimum Gasteiger partial charge on any atom is -0.327 e. The second kappa shape index (κ2) is 9.13. The van der Waals surface area contributed by atoms with Crippen molar-refractivity contribution >= 4 is 18.5 Å². The minimum absolute atomic E-state index is 0.0541. The Kier molecular flexibility index (Phi) is 6.89. The molecule has 0 saturated carbocycles. The van der Waals surface area contributed by atoms with Crippen LogP contribution in [0.2, 0.25) is 0 Å². The summed E-state index contributed by atoms with van der Waals surface area (Å²) < 4.78 is 0. The van der Waals surface area contributed by atoms with E-state index in [9.17, 15) is 9.59 Å². The van der Waals surface area contributed by atoms with Gasteiger partial charge in [0.1, 0.15) is 0 Å². The first-order chi connectivity index (χ1) is 12.4. The molecule has 1 N–H and O–H groups in total. The summed E-state index contributed by atoms with van der Waals surface area (Å²) in [7, 11) is 0. The summed E-state index contributed by atoms with van der Waals surface area (Å²) in [4.78, 5) is 30.7. The second-order valence-corrected chi connectivity index (χ2v) is 6.90. The molecule has 0 unspecified atom stereocenters. The van der Waals surface area contributed by atoms with Crippen molar-refractivity contribution in [2.75, 3.05) is 6.54 Å². The van der Waals surface area contributed by atoms with E-state index in [-0.39, 0.29) is 6.04 Å². The highest BCUT2D eigenvalue weighted by molar-refractivity contribution is 6.35. The Morgan fingerprint density at radius 3 is 2.58 bits per heavy atom. The Balaban J connectivity index is 2.14. The summed E-state index contributed by atoms with van der Waals surface area (Å²) in [5.41, 5.74) is 2.52. The summed E-state index contributed by atoms with van der Waals surface area (Å²) in [6.45, 7) is 9.70. The van der Waals surface area contributed by atoms with Gasteiger partial charge >= 0.3 is 11.8 Å². The molecule has 1 fully saturated rings. The molecule has 1 aliphatic heterocycles. The maximum atomic E-state index is 12.8. The van der Waals surface area contributed by atoms with Gasteiger partial charge in [-0.15, -0.1) is 0 Å². The van der Waals surface area contributed by atoms with Crippen molar-refractivity contribution in [3.05, 3.63) is 59.4 Å². The quantitative estimate of drug-likeness (QED) is 0.511. The molecule has 0 aromatic heterocycles. The van der Waals surface area contributed by atoms with Crippen LogP contribution < -0.4 is 5.32 Å². The highest BCUT2D eigenvalue weighted by Crippen LogP contribution is 2.33. The van der Waals surface area contributed by atoms with E-state index in [0.29, 0.717) is 18.2 Å². The topological polar surface area (TPSA) is 61.8 Å². The first-order valence-electron chi connectivity index (χ1n) is 8.90. The first kappa shape index (κ1) is 19.6. The molecule has 2 amide bonds. The van der Waals surface area contributed by atoms with Crippen LogP contribution in [0.3, 0.4) is 0 Å². The Labute approximate surface area is 155 Å². The molecular formula is C21H27N3O2. The molecule has 0 spiro atoms. The lowest BCUT2D eigenvalue weighted by atomic mass is 9.90. The molecule has 5 nitrogen and oxygen atoms in total. The largest absolute Gasteiger partial charge is 0.327 e. The molecule has 5 heteroatoms. The fraction of sp³-hybridized carbons (Fsp3) is 0.381. The minimum atomic E-state index is -0.604. The van der Waals surface area contributed by atoms with Gasteiger partial charge in [-0.3, -0.25) is 14.6 Å². The molecule has 138 valence electrons. The van der Waals surface area contributed by atoms with Crippen molar-refractivity contribution in [1.29, 1.82) is 0 Å². The first-order valence-corrected chi connectivity index (χ1v) is 8.90. The summed E-state index contributed by atoms with van der Waals surface area (Å²) in [6, 6.07) is 9.86. The Bertz CT molecular complexity index is 722. The highest BCUT2D eigenvalue weighted by atomic mass is 16.2. The zero-order valence-corrected chi connectivity index (χ0v) is 15.7. The molecular weight excluding hydrogens is 326 g/mol. The number of hydrogen-bond donors (Lipinski definition) is 1. The van der Waals surface area contributed by atoms with Gasteiger partial charge in [0.2, 0.25) is 0 Å². The summed E-state index contributed by atoms with van der Waals surface area (Å²) >= 11 is 0. The number of rotatable bonds is 4. The molecule has 1 aliphatic rings. The third kappa shape index (κ3) is 5.15. The number of aliphatic imine (C=N–C) groups is 1. The van der Waals surface area contributed by atoms with Gasteiger partial charge in [0.15, 0.2) is 0 Å². The van der Waals surface area contributed by atoms with Crippen LogP contribution in [0.5, 0.6) is 0 Å². The van der Waals surface area contributed by atoms with E-state index >= 15 is 0 Å². The number of carbonyl (C=O) groups is 2. The molecule has 0 aliphatic carbocycles. The number of nitrogens with one attached hydrogen (secondary N) is 1. The third-order valence-electron chi connectivity index (χ3n) is 4.51. The van der Waals surface area contributed by atoms with Crippen molar-refractivity contribution in [3.63, 3.8) is 0 Å². The molecule has 0 radical (unpaired) electrons. The van der Waals surface area contributed by atoms with Gasteiger partial charge in [0.25, 0.3) is 0 Å². The number of benzene rings is 1. The van der Waals surface area contributed by atoms with Gasteiger partial charge in [0, 0.05) is 18.4 Å². The van der Waals surface area contributed by atoms with Gasteiger partial charge in [0.05, 0.1) is 6.04 Å². The molecule has 1 aromatic carbocycles. The fourth-order valence-corrected chi connectivity index (χ4v) is 3.32. The monoisotopic (exact) mass is 353 g/mol. The predicted octanol–water partition coefficient (Wildman–Crippen LogP) is 3.61. The zero-order chi connectivity index (χ0) is 19.1. The van der Waals surface area contributed by atoms with Crippen molar-refractivity contribution in [2.24, 2.45) is 10.9 Å². The molecule has 1 saturated heterocycles. The van der Waals surface area contributed by atoms with Gasteiger partial charge in [-0.25, -0.2) is 0 Å². The van der Waals surface area contributed by atoms with Gasteiger partial charge in [-0.05, 0) is 56.5 Å². The van der Waals surface area contributed by atoms with E-state index < -0.39 is 11.8 Å². The Hall–Kier alpha value is -2.69.